The SMILES string of the molecule is CC.O=[N+]([O-])c1ccc(Oc2ccnc3[nH]ccc23)cc1. The first-order chi connectivity index (χ1) is 10.2. The first-order valence-corrected chi connectivity index (χ1v) is 6.58. The summed E-state index contributed by atoms with van der Waals surface area (Å²) in [6.45, 7) is 4.00. The number of ether oxygens (including phenoxy) is 1. The van der Waals surface area contributed by atoms with Crippen molar-refractivity contribution in [3.05, 3.63) is 58.9 Å². The van der Waals surface area contributed by atoms with Gasteiger partial charge in [0.05, 0.1) is 10.3 Å². The second kappa shape index (κ2) is 6.51. The van der Waals surface area contributed by atoms with E-state index in [-0.39, 0.29) is 5.69 Å². The minimum absolute atomic E-state index is 0.0360. The van der Waals surface area contributed by atoms with Gasteiger partial charge < -0.3 is 9.72 Å². The van der Waals surface area contributed by atoms with E-state index in [1.165, 1.54) is 12.1 Å². The number of hydrogen-bond donors (Lipinski definition) is 1. The van der Waals surface area contributed by atoms with Gasteiger partial charge in [-0.05, 0) is 24.3 Å². The van der Waals surface area contributed by atoms with Crippen LogP contribution < -0.4 is 4.74 Å². The van der Waals surface area contributed by atoms with Crippen LogP contribution in [0.25, 0.3) is 11.0 Å². The van der Waals surface area contributed by atoms with Crippen molar-refractivity contribution >= 4 is 16.7 Å². The molecular weight excluding hydrogens is 270 g/mol. The van der Waals surface area contributed by atoms with Crippen LogP contribution in [0.1, 0.15) is 13.8 Å². The van der Waals surface area contributed by atoms with Gasteiger partial charge in [-0.2, -0.15) is 0 Å². The van der Waals surface area contributed by atoms with E-state index in [9.17, 15) is 10.1 Å². The Labute approximate surface area is 121 Å². The quantitative estimate of drug-likeness (QED) is 0.575. The van der Waals surface area contributed by atoms with Crippen LogP contribution in [-0.2, 0) is 0 Å². The minimum Gasteiger partial charge on any atom is -0.457 e. The topological polar surface area (TPSA) is 81.1 Å². The van der Waals surface area contributed by atoms with Crippen LogP contribution in [-0.4, -0.2) is 14.9 Å². The molecule has 21 heavy (non-hydrogen) atoms. The third kappa shape index (κ3) is 3.17. The summed E-state index contributed by atoms with van der Waals surface area (Å²) in [6, 6.07) is 9.56. The first kappa shape index (κ1) is 14.5. The Balaban J connectivity index is 0.000000774. The molecule has 108 valence electrons. The van der Waals surface area contributed by atoms with Crippen LogP contribution in [0.3, 0.4) is 0 Å². The summed E-state index contributed by atoms with van der Waals surface area (Å²) in [4.78, 5) is 17.3. The van der Waals surface area contributed by atoms with E-state index in [1.54, 1.807) is 30.6 Å². The molecule has 2 heterocycles. The average molecular weight is 285 g/mol. The van der Waals surface area contributed by atoms with Crippen LogP contribution in [0, 0.1) is 10.1 Å². The minimum atomic E-state index is -0.444. The number of benzene rings is 1. The third-order valence-corrected chi connectivity index (χ3v) is 2.70. The summed E-state index contributed by atoms with van der Waals surface area (Å²) in [5, 5.41) is 11.4. The maximum atomic E-state index is 10.6. The van der Waals surface area contributed by atoms with Crippen LogP contribution in [0.2, 0.25) is 0 Å². The monoisotopic (exact) mass is 285 g/mol. The summed E-state index contributed by atoms with van der Waals surface area (Å²) in [6.07, 6.45) is 3.42. The van der Waals surface area contributed by atoms with Crippen molar-refractivity contribution in [2.45, 2.75) is 13.8 Å². The highest BCUT2D eigenvalue weighted by Gasteiger charge is 2.07. The fourth-order valence-corrected chi connectivity index (χ4v) is 1.79. The van der Waals surface area contributed by atoms with Crippen LogP contribution >= 0.6 is 0 Å². The number of nitro groups is 1. The number of non-ortho nitro benzene ring substituents is 1. The molecule has 0 saturated carbocycles. The van der Waals surface area contributed by atoms with E-state index in [2.05, 4.69) is 9.97 Å². The van der Waals surface area contributed by atoms with Gasteiger partial charge in [0, 0.05) is 24.5 Å². The number of aromatic nitrogens is 2. The van der Waals surface area contributed by atoms with Gasteiger partial charge in [0.1, 0.15) is 17.1 Å². The summed E-state index contributed by atoms with van der Waals surface area (Å²) < 4.78 is 5.70. The zero-order valence-electron chi connectivity index (χ0n) is 11.7. The molecule has 0 atom stereocenters. The van der Waals surface area contributed by atoms with Crippen LogP contribution in [0.15, 0.2) is 48.8 Å². The molecule has 0 aliphatic rings. The summed E-state index contributed by atoms with van der Waals surface area (Å²) in [7, 11) is 0. The highest BCUT2D eigenvalue weighted by Crippen LogP contribution is 2.29. The molecular formula is C15H15N3O3. The lowest BCUT2D eigenvalue weighted by Crippen LogP contribution is -1.89. The van der Waals surface area contributed by atoms with Gasteiger partial charge >= 0.3 is 0 Å². The zero-order chi connectivity index (χ0) is 15.2. The predicted molar refractivity (Wildman–Crippen MR) is 80.6 cm³/mol. The molecule has 0 fully saturated rings. The van der Waals surface area contributed by atoms with E-state index in [4.69, 9.17) is 4.74 Å². The second-order valence-electron chi connectivity index (χ2n) is 3.90. The number of hydrogen-bond acceptors (Lipinski definition) is 4. The van der Waals surface area contributed by atoms with Gasteiger partial charge in [0.25, 0.3) is 5.69 Å². The molecule has 0 aliphatic carbocycles. The maximum absolute atomic E-state index is 10.6. The number of aromatic amines is 1. The van der Waals surface area contributed by atoms with Gasteiger partial charge in [-0.1, -0.05) is 13.8 Å². The standard InChI is InChI=1S/C13H9N3O3.C2H6/c17-16(18)9-1-3-10(4-2-9)19-12-6-8-15-13-11(12)5-7-14-13;1-2/h1-8H,(H,14,15);1-2H3. The molecule has 0 amide bonds. The predicted octanol–water partition coefficient (Wildman–Crippen LogP) is 4.29. The van der Waals surface area contributed by atoms with Gasteiger partial charge in [-0.15, -0.1) is 0 Å². The Kier molecular flexibility index (Phi) is 4.50. The zero-order valence-corrected chi connectivity index (χ0v) is 11.7. The lowest BCUT2D eigenvalue weighted by Gasteiger charge is -2.06. The number of nitrogens with one attached hydrogen (secondary N) is 1. The Morgan fingerprint density at radius 1 is 1.14 bits per heavy atom. The highest BCUT2D eigenvalue weighted by molar-refractivity contribution is 5.82. The van der Waals surface area contributed by atoms with Gasteiger partial charge in [-0.3, -0.25) is 10.1 Å². The molecule has 0 radical (unpaired) electrons. The molecule has 0 spiro atoms. The average Bonchev–Trinajstić information content (AvgIpc) is 2.99. The second-order valence-corrected chi connectivity index (χ2v) is 3.90. The van der Waals surface area contributed by atoms with Crippen molar-refractivity contribution in [1.29, 1.82) is 0 Å². The largest absolute Gasteiger partial charge is 0.457 e. The number of fused-ring (bicyclic) bond motifs is 1. The van der Waals surface area contributed by atoms with Gasteiger partial charge in [-0.25, -0.2) is 4.98 Å². The number of nitrogens with zero attached hydrogens (tertiary/aromatic N) is 2. The summed E-state index contributed by atoms with van der Waals surface area (Å²) in [5.41, 5.74) is 0.772. The lowest BCUT2D eigenvalue weighted by atomic mass is 10.3. The van der Waals surface area contributed by atoms with E-state index >= 15 is 0 Å². The van der Waals surface area contributed by atoms with Gasteiger partial charge in [0.2, 0.25) is 0 Å². The maximum Gasteiger partial charge on any atom is 0.269 e. The molecule has 1 N–H and O–H groups in total. The van der Waals surface area contributed by atoms with Crippen molar-refractivity contribution in [2.75, 3.05) is 0 Å². The Bertz CT molecular complexity index is 735. The number of nitro benzene ring substituents is 1. The third-order valence-electron chi connectivity index (χ3n) is 2.70. The molecule has 6 heteroatoms. The molecule has 0 saturated heterocycles. The normalized spacial score (nSPS) is 9.81. The summed E-state index contributed by atoms with van der Waals surface area (Å²) in [5.74, 6) is 1.19. The van der Waals surface area contributed by atoms with E-state index in [1.807, 2.05) is 19.9 Å². The fourth-order valence-electron chi connectivity index (χ4n) is 1.79. The van der Waals surface area contributed by atoms with Crippen molar-refractivity contribution in [1.82, 2.24) is 9.97 Å². The van der Waals surface area contributed by atoms with Crippen molar-refractivity contribution in [3.8, 4) is 11.5 Å². The molecule has 0 unspecified atom stereocenters. The molecule has 3 rings (SSSR count). The Hall–Kier alpha value is -2.89. The Morgan fingerprint density at radius 2 is 1.86 bits per heavy atom. The lowest BCUT2D eigenvalue weighted by molar-refractivity contribution is -0.384. The molecule has 0 aliphatic heterocycles. The highest BCUT2D eigenvalue weighted by atomic mass is 16.6. The number of H-pyrrole nitrogens is 1. The summed E-state index contributed by atoms with van der Waals surface area (Å²) >= 11 is 0. The first-order valence-electron chi connectivity index (χ1n) is 6.58. The van der Waals surface area contributed by atoms with Crippen molar-refractivity contribution in [3.63, 3.8) is 0 Å². The number of rotatable bonds is 3. The molecule has 2 aromatic heterocycles. The van der Waals surface area contributed by atoms with Crippen molar-refractivity contribution in [2.24, 2.45) is 0 Å². The Morgan fingerprint density at radius 3 is 2.52 bits per heavy atom. The number of pyridine rings is 1. The molecule has 6 nitrogen and oxygen atoms in total. The fraction of sp³-hybridized carbons (Fsp3) is 0.133. The van der Waals surface area contributed by atoms with E-state index in [0.717, 1.165) is 11.0 Å². The van der Waals surface area contributed by atoms with Gasteiger partial charge in [0.15, 0.2) is 0 Å². The van der Waals surface area contributed by atoms with Crippen LogP contribution in [0.4, 0.5) is 5.69 Å². The van der Waals surface area contributed by atoms with Crippen LogP contribution in [0.5, 0.6) is 11.5 Å². The molecule has 0 bridgehead atoms. The smallest absolute Gasteiger partial charge is 0.269 e. The molecule has 3 aromatic rings. The molecule has 1 aromatic carbocycles. The van der Waals surface area contributed by atoms with Crippen molar-refractivity contribution < 1.29 is 9.66 Å². The van der Waals surface area contributed by atoms with E-state index < -0.39 is 4.92 Å². The van der Waals surface area contributed by atoms with E-state index in [0.29, 0.717) is 11.5 Å².